The minimum absolute atomic E-state index is 0.133. The lowest BCUT2D eigenvalue weighted by molar-refractivity contribution is -0.140. The summed E-state index contributed by atoms with van der Waals surface area (Å²) in [5, 5.41) is 5.48. The number of alkyl halides is 3. The van der Waals surface area contributed by atoms with E-state index in [1.165, 1.54) is 6.20 Å². The maximum Gasteiger partial charge on any atom is 0.434 e. The fourth-order valence-electron chi connectivity index (χ4n) is 2.21. The Labute approximate surface area is 173 Å². The Hall–Kier alpha value is -3.34. The number of pyridine rings is 1. The zero-order valence-electron chi connectivity index (χ0n) is 15.5. The summed E-state index contributed by atoms with van der Waals surface area (Å²) >= 11 is 0.694. The van der Waals surface area contributed by atoms with Crippen LogP contribution in [0.25, 0.3) is 0 Å². The van der Waals surface area contributed by atoms with E-state index in [2.05, 4.69) is 20.6 Å². The Bertz CT molecular complexity index is 950. The first kappa shape index (κ1) is 21.4. The van der Waals surface area contributed by atoms with Crippen molar-refractivity contribution in [2.45, 2.75) is 12.7 Å². The van der Waals surface area contributed by atoms with Crippen LogP contribution >= 0.6 is 11.3 Å². The molecule has 0 fully saturated rings. The average Bonchev–Trinajstić information content (AvgIpc) is 3.20. The summed E-state index contributed by atoms with van der Waals surface area (Å²) in [5.74, 6) is 1.16. The number of hydrogen-bond acceptors (Lipinski definition) is 6. The van der Waals surface area contributed by atoms with E-state index in [-0.39, 0.29) is 11.7 Å². The van der Waals surface area contributed by atoms with Crippen molar-refractivity contribution in [2.24, 2.45) is 0 Å². The predicted octanol–water partition coefficient (Wildman–Crippen LogP) is 4.34. The second-order valence-electron chi connectivity index (χ2n) is 5.86. The van der Waals surface area contributed by atoms with Gasteiger partial charge in [-0.1, -0.05) is 24.3 Å². The predicted molar refractivity (Wildman–Crippen MR) is 105 cm³/mol. The summed E-state index contributed by atoms with van der Waals surface area (Å²) < 4.78 is 48.5. The Morgan fingerprint density at radius 2 is 1.83 bits per heavy atom. The third kappa shape index (κ3) is 6.62. The number of nitrogens with zero attached hydrogens (tertiary/aromatic N) is 2. The van der Waals surface area contributed by atoms with E-state index in [1.54, 1.807) is 12.1 Å². The summed E-state index contributed by atoms with van der Waals surface area (Å²) in [6.45, 7) is 0.811. The maximum atomic E-state index is 12.5. The Kier molecular flexibility index (Phi) is 7.07. The molecule has 3 rings (SSSR count). The number of carbonyl (C=O) groups is 1. The van der Waals surface area contributed by atoms with Gasteiger partial charge in [-0.3, -0.25) is 5.32 Å². The van der Waals surface area contributed by atoms with Crippen LogP contribution in [0.4, 0.5) is 23.1 Å². The van der Waals surface area contributed by atoms with Crippen molar-refractivity contribution in [3.05, 3.63) is 65.3 Å². The number of nitrogens with one attached hydrogen (secondary N) is 2. The molecule has 2 N–H and O–H groups in total. The van der Waals surface area contributed by atoms with Crippen molar-refractivity contribution in [3.8, 4) is 11.6 Å². The van der Waals surface area contributed by atoms with Crippen LogP contribution < -0.4 is 20.1 Å². The highest BCUT2D eigenvalue weighted by Crippen LogP contribution is 2.31. The summed E-state index contributed by atoms with van der Waals surface area (Å²) in [7, 11) is 0. The molecule has 7 nitrogen and oxygen atoms in total. The molecule has 2 heterocycles. The molecule has 0 saturated heterocycles. The van der Waals surface area contributed by atoms with E-state index in [0.717, 1.165) is 11.1 Å². The first-order chi connectivity index (χ1) is 14.4. The average molecular weight is 438 g/mol. The molecule has 1 aromatic carbocycles. The van der Waals surface area contributed by atoms with Gasteiger partial charge in [-0.05, 0) is 17.7 Å². The topological polar surface area (TPSA) is 85.4 Å². The van der Waals surface area contributed by atoms with Gasteiger partial charge in [0, 0.05) is 24.2 Å². The van der Waals surface area contributed by atoms with Crippen LogP contribution in [0.3, 0.4) is 0 Å². The molecule has 0 aliphatic heterocycles. The van der Waals surface area contributed by atoms with Crippen molar-refractivity contribution in [2.75, 3.05) is 18.5 Å². The van der Waals surface area contributed by atoms with Gasteiger partial charge in [0.05, 0.1) is 0 Å². The van der Waals surface area contributed by atoms with E-state index >= 15 is 0 Å². The normalized spacial score (nSPS) is 11.0. The highest BCUT2D eigenvalue weighted by atomic mass is 32.1. The lowest BCUT2D eigenvalue weighted by Crippen LogP contribution is -2.28. The molecule has 0 bridgehead atoms. The molecule has 30 heavy (non-hydrogen) atoms. The van der Waals surface area contributed by atoms with E-state index in [1.807, 2.05) is 30.3 Å². The number of ether oxygens (including phenoxy) is 2. The second kappa shape index (κ2) is 9.92. The zero-order chi connectivity index (χ0) is 21.4. The number of aromatic nitrogens is 2. The summed E-state index contributed by atoms with van der Waals surface area (Å²) in [4.78, 5) is 19.3. The van der Waals surface area contributed by atoms with Crippen LogP contribution in [0.15, 0.2) is 54.0 Å². The number of amides is 2. The van der Waals surface area contributed by atoms with Crippen molar-refractivity contribution in [1.82, 2.24) is 15.3 Å². The minimum atomic E-state index is -4.55. The largest absolute Gasteiger partial charge is 0.490 e. The molecular formula is C19H17F3N4O3S. The van der Waals surface area contributed by atoms with Gasteiger partial charge >= 0.3 is 12.2 Å². The molecule has 11 heteroatoms. The van der Waals surface area contributed by atoms with E-state index in [0.29, 0.717) is 36.0 Å². The van der Waals surface area contributed by atoms with E-state index < -0.39 is 17.9 Å². The van der Waals surface area contributed by atoms with Crippen LogP contribution in [-0.2, 0) is 12.7 Å². The molecule has 0 radical (unpaired) electrons. The lowest BCUT2D eigenvalue weighted by atomic mass is 10.3. The Morgan fingerprint density at radius 1 is 1.07 bits per heavy atom. The number of urea groups is 1. The van der Waals surface area contributed by atoms with Crippen molar-refractivity contribution in [3.63, 3.8) is 0 Å². The third-order valence-corrected chi connectivity index (χ3v) is 4.37. The Morgan fingerprint density at radius 3 is 2.50 bits per heavy atom. The molecule has 158 valence electrons. The number of benzene rings is 1. The van der Waals surface area contributed by atoms with Gasteiger partial charge in [-0.25, -0.2) is 14.8 Å². The van der Waals surface area contributed by atoms with Crippen LogP contribution in [-0.4, -0.2) is 29.2 Å². The van der Waals surface area contributed by atoms with Gasteiger partial charge in [0.15, 0.2) is 10.8 Å². The van der Waals surface area contributed by atoms with Gasteiger partial charge in [-0.2, -0.15) is 13.2 Å². The molecule has 3 aromatic rings. The number of hydrogen-bond donors (Lipinski definition) is 2. The lowest BCUT2D eigenvalue weighted by Gasteiger charge is -2.09. The molecule has 2 aromatic heterocycles. The third-order valence-electron chi connectivity index (χ3n) is 3.61. The molecule has 0 saturated carbocycles. The van der Waals surface area contributed by atoms with Crippen molar-refractivity contribution < 1.29 is 27.4 Å². The van der Waals surface area contributed by atoms with E-state index in [4.69, 9.17) is 9.47 Å². The number of carbonyl (C=O) groups excluding carboxylic acids is 1. The van der Waals surface area contributed by atoms with Crippen LogP contribution in [0.5, 0.6) is 11.6 Å². The van der Waals surface area contributed by atoms with Crippen molar-refractivity contribution in [1.29, 1.82) is 0 Å². The highest BCUT2D eigenvalue weighted by molar-refractivity contribution is 7.13. The summed E-state index contributed by atoms with van der Waals surface area (Å²) in [6, 6.07) is 12.0. The molecular weight excluding hydrogens is 421 g/mol. The molecule has 0 aliphatic rings. The fourth-order valence-corrected chi connectivity index (χ4v) is 2.92. The van der Waals surface area contributed by atoms with Gasteiger partial charge < -0.3 is 14.8 Å². The summed E-state index contributed by atoms with van der Waals surface area (Å²) in [5.41, 5.74) is -0.357. The minimum Gasteiger partial charge on any atom is -0.490 e. The molecule has 0 aliphatic carbocycles. The first-order valence-electron chi connectivity index (χ1n) is 8.73. The molecule has 0 atom stereocenters. The smallest absolute Gasteiger partial charge is 0.434 e. The standard InChI is InChI=1S/C19H17F3N4O3S/c20-19(21,22)15-12-30-18(25-15)26-17(27)24-11-13-6-7-16(23-10-13)29-9-8-28-14-4-2-1-3-5-14/h1-7,10,12H,8-9,11H2,(H2,24,25,26,27). The first-order valence-corrected chi connectivity index (χ1v) is 9.61. The van der Waals surface area contributed by atoms with Gasteiger partial charge in [0.2, 0.25) is 5.88 Å². The monoisotopic (exact) mass is 438 g/mol. The quantitative estimate of drug-likeness (QED) is 0.511. The molecule has 0 spiro atoms. The molecule has 0 unspecified atom stereocenters. The zero-order valence-corrected chi connectivity index (χ0v) is 16.3. The van der Waals surface area contributed by atoms with Crippen LogP contribution in [0.1, 0.15) is 11.3 Å². The summed E-state index contributed by atoms with van der Waals surface area (Å²) in [6.07, 6.45) is -3.02. The number of thiazole rings is 1. The molecule has 2 amide bonds. The second-order valence-corrected chi connectivity index (χ2v) is 6.72. The Balaban J connectivity index is 1.37. The maximum absolute atomic E-state index is 12.5. The van der Waals surface area contributed by atoms with Crippen LogP contribution in [0, 0.1) is 0 Å². The van der Waals surface area contributed by atoms with Gasteiger partial charge in [0.1, 0.15) is 19.0 Å². The van der Waals surface area contributed by atoms with Crippen LogP contribution in [0.2, 0.25) is 0 Å². The fraction of sp³-hybridized carbons (Fsp3) is 0.211. The number of rotatable bonds is 8. The van der Waals surface area contributed by atoms with Gasteiger partial charge in [0.25, 0.3) is 0 Å². The van der Waals surface area contributed by atoms with Gasteiger partial charge in [-0.15, -0.1) is 11.3 Å². The van der Waals surface area contributed by atoms with Crippen molar-refractivity contribution >= 4 is 22.5 Å². The number of halogens is 3. The SMILES string of the molecule is O=C(NCc1ccc(OCCOc2ccccc2)nc1)Nc1nc(C(F)(F)F)cs1. The number of para-hydroxylation sites is 1. The van der Waals surface area contributed by atoms with E-state index in [9.17, 15) is 18.0 Å². The highest BCUT2D eigenvalue weighted by Gasteiger charge is 2.33. The number of anilines is 1.